The Morgan fingerprint density at radius 1 is 1.07 bits per heavy atom. The zero-order valence-electron chi connectivity index (χ0n) is 16.3. The number of methoxy groups -OCH3 is 1. The maximum Gasteiger partial charge on any atom is 0.389 e. The molecule has 7 heteroatoms. The fourth-order valence-electron chi connectivity index (χ4n) is 3.15. The lowest BCUT2D eigenvalue weighted by Gasteiger charge is -2.10. The first kappa shape index (κ1) is 21.0. The van der Waals surface area contributed by atoms with E-state index in [1.807, 2.05) is 42.6 Å². The summed E-state index contributed by atoms with van der Waals surface area (Å²) in [6.07, 6.45) is -2.12. The van der Waals surface area contributed by atoms with E-state index in [4.69, 9.17) is 9.47 Å². The van der Waals surface area contributed by atoms with Crippen molar-refractivity contribution in [3.05, 3.63) is 59.8 Å². The Labute approximate surface area is 168 Å². The molecule has 0 aliphatic heterocycles. The van der Waals surface area contributed by atoms with Gasteiger partial charge < -0.3 is 19.8 Å². The van der Waals surface area contributed by atoms with Crippen molar-refractivity contribution in [1.29, 1.82) is 0 Å². The van der Waals surface area contributed by atoms with Gasteiger partial charge in [-0.15, -0.1) is 0 Å². The number of benzene rings is 2. The van der Waals surface area contributed by atoms with Crippen LogP contribution in [0.5, 0.6) is 11.5 Å². The Morgan fingerprint density at radius 3 is 2.72 bits per heavy atom. The molecule has 2 N–H and O–H groups in total. The summed E-state index contributed by atoms with van der Waals surface area (Å²) in [6.45, 7) is 1.51. The number of hydrogen-bond acceptors (Lipinski definition) is 3. The van der Waals surface area contributed by atoms with Gasteiger partial charge in [0.1, 0.15) is 11.5 Å². The van der Waals surface area contributed by atoms with E-state index in [1.165, 1.54) is 5.56 Å². The summed E-state index contributed by atoms with van der Waals surface area (Å²) in [5.74, 6) is 1.42. The predicted molar refractivity (Wildman–Crippen MR) is 107 cm³/mol. The Kier molecular flexibility index (Phi) is 7.04. The average molecular weight is 406 g/mol. The number of aromatic amines is 1. The third-order valence-corrected chi connectivity index (χ3v) is 4.65. The summed E-state index contributed by atoms with van der Waals surface area (Å²) >= 11 is 0. The quantitative estimate of drug-likeness (QED) is 0.453. The summed E-state index contributed by atoms with van der Waals surface area (Å²) in [5.41, 5.74) is 3.32. The molecule has 29 heavy (non-hydrogen) atoms. The third-order valence-electron chi connectivity index (χ3n) is 4.65. The van der Waals surface area contributed by atoms with Gasteiger partial charge in [0.05, 0.1) is 13.7 Å². The lowest BCUT2D eigenvalue weighted by Crippen LogP contribution is -2.16. The van der Waals surface area contributed by atoms with Crippen molar-refractivity contribution in [2.24, 2.45) is 0 Å². The van der Waals surface area contributed by atoms with Crippen LogP contribution in [0.3, 0.4) is 0 Å². The highest BCUT2D eigenvalue weighted by molar-refractivity contribution is 5.84. The van der Waals surface area contributed by atoms with Gasteiger partial charge in [-0.05, 0) is 60.8 Å². The molecule has 0 amide bonds. The molecule has 0 saturated carbocycles. The van der Waals surface area contributed by atoms with E-state index in [1.54, 1.807) is 13.2 Å². The molecular formula is C22H25F3N2O2. The second-order valence-electron chi connectivity index (χ2n) is 6.87. The van der Waals surface area contributed by atoms with Crippen molar-refractivity contribution in [2.75, 3.05) is 20.3 Å². The molecule has 3 aromatic rings. The standard InChI is InChI=1S/C22H25F3N2O2/c1-28-18-6-7-21-20(13-18)17(15-27-21)8-10-26-14-16-4-2-5-19(12-16)29-11-3-9-22(23,24)25/h2,4-7,12-13,15,26-27H,3,8-11,14H2,1H3. The number of H-pyrrole nitrogens is 1. The largest absolute Gasteiger partial charge is 0.497 e. The molecule has 3 rings (SSSR count). The number of halogens is 3. The lowest BCUT2D eigenvalue weighted by atomic mass is 10.1. The van der Waals surface area contributed by atoms with E-state index >= 15 is 0 Å². The second kappa shape index (κ2) is 9.69. The van der Waals surface area contributed by atoms with E-state index in [-0.39, 0.29) is 13.0 Å². The van der Waals surface area contributed by atoms with Gasteiger partial charge in [0, 0.05) is 30.1 Å². The molecule has 0 radical (unpaired) electrons. The van der Waals surface area contributed by atoms with Crippen LogP contribution in [0, 0.1) is 0 Å². The third kappa shape index (κ3) is 6.42. The van der Waals surface area contributed by atoms with Gasteiger partial charge in [0.2, 0.25) is 0 Å². The van der Waals surface area contributed by atoms with Crippen LogP contribution in [0.15, 0.2) is 48.7 Å². The Morgan fingerprint density at radius 2 is 1.93 bits per heavy atom. The first-order valence-electron chi connectivity index (χ1n) is 9.58. The van der Waals surface area contributed by atoms with Crippen molar-refractivity contribution in [2.45, 2.75) is 32.0 Å². The summed E-state index contributed by atoms with van der Waals surface area (Å²) in [4.78, 5) is 3.27. The lowest BCUT2D eigenvalue weighted by molar-refractivity contribution is -0.136. The SMILES string of the molecule is COc1ccc2[nH]cc(CCNCc3cccc(OCCCC(F)(F)F)c3)c2c1. The molecule has 0 spiro atoms. The van der Waals surface area contributed by atoms with Gasteiger partial charge in [0.25, 0.3) is 0 Å². The zero-order chi connectivity index (χ0) is 20.7. The van der Waals surface area contributed by atoms with Crippen LogP contribution in [0.2, 0.25) is 0 Å². The monoisotopic (exact) mass is 406 g/mol. The second-order valence-corrected chi connectivity index (χ2v) is 6.87. The van der Waals surface area contributed by atoms with E-state index < -0.39 is 12.6 Å². The smallest absolute Gasteiger partial charge is 0.389 e. The minimum absolute atomic E-state index is 0.0403. The fraction of sp³-hybridized carbons (Fsp3) is 0.364. The Hall–Kier alpha value is -2.67. The normalized spacial score (nSPS) is 11.7. The molecule has 0 unspecified atom stereocenters. The van der Waals surface area contributed by atoms with Gasteiger partial charge >= 0.3 is 6.18 Å². The number of alkyl halides is 3. The molecule has 0 saturated heterocycles. The molecule has 1 heterocycles. The predicted octanol–water partition coefficient (Wildman–Crippen LogP) is 5.23. The van der Waals surface area contributed by atoms with Crippen molar-refractivity contribution in [3.8, 4) is 11.5 Å². The summed E-state index contributed by atoms with van der Waals surface area (Å²) < 4.78 is 47.2. The van der Waals surface area contributed by atoms with Gasteiger partial charge in [-0.1, -0.05) is 12.1 Å². The molecule has 0 fully saturated rings. The highest BCUT2D eigenvalue weighted by Crippen LogP contribution is 2.24. The zero-order valence-corrected chi connectivity index (χ0v) is 16.3. The van der Waals surface area contributed by atoms with Crippen molar-refractivity contribution < 1.29 is 22.6 Å². The number of ether oxygens (including phenoxy) is 2. The maximum absolute atomic E-state index is 12.2. The Bertz CT molecular complexity index is 922. The molecule has 156 valence electrons. The number of fused-ring (bicyclic) bond motifs is 1. The van der Waals surface area contributed by atoms with Crippen LogP contribution in [0.1, 0.15) is 24.0 Å². The van der Waals surface area contributed by atoms with E-state index in [9.17, 15) is 13.2 Å². The topological polar surface area (TPSA) is 46.3 Å². The van der Waals surface area contributed by atoms with Crippen molar-refractivity contribution in [3.63, 3.8) is 0 Å². The number of nitrogens with one attached hydrogen (secondary N) is 2. The average Bonchev–Trinajstić information content (AvgIpc) is 3.10. The minimum atomic E-state index is -4.13. The molecule has 0 aliphatic rings. The summed E-state index contributed by atoms with van der Waals surface area (Å²) in [5, 5.41) is 4.55. The fourth-order valence-corrected chi connectivity index (χ4v) is 3.15. The van der Waals surface area contributed by atoms with Crippen molar-refractivity contribution in [1.82, 2.24) is 10.3 Å². The first-order chi connectivity index (χ1) is 13.9. The van der Waals surface area contributed by atoms with Crippen LogP contribution >= 0.6 is 0 Å². The van der Waals surface area contributed by atoms with Gasteiger partial charge in [-0.2, -0.15) is 13.2 Å². The van der Waals surface area contributed by atoms with Crippen LogP contribution in [0.25, 0.3) is 10.9 Å². The highest BCUT2D eigenvalue weighted by atomic mass is 19.4. The molecule has 0 atom stereocenters. The molecule has 2 aromatic carbocycles. The van der Waals surface area contributed by atoms with E-state index in [2.05, 4.69) is 10.3 Å². The number of aromatic nitrogens is 1. The highest BCUT2D eigenvalue weighted by Gasteiger charge is 2.26. The molecule has 0 bridgehead atoms. The molecular weight excluding hydrogens is 381 g/mol. The van der Waals surface area contributed by atoms with E-state index in [0.717, 1.165) is 35.2 Å². The molecule has 0 aliphatic carbocycles. The minimum Gasteiger partial charge on any atom is -0.497 e. The Balaban J connectivity index is 1.45. The van der Waals surface area contributed by atoms with Gasteiger partial charge in [-0.25, -0.2) is 0 Å². The van der Waals surface area contributed by atoms with Gasteiger partial charge in [-0.3, -0.25) is 0 Å². The summed E-state index contributed by atoms with van der Waals surface area (Å²) in [6, 6.07) is 13.4. The number of rotatable bonds is 10. The van der Waals surface area contributed by atoms with Crippen LogP contribution in [0.4, 0.5) is 13.2 Å². The molecule has 1 aromatic heterocycles. The van der Waals surface area contributed by atoms with Crippen molar-refractivity contribution >= 4 is 10.9 Å². The van der Waals surface area contributed by atoms with Gasteiger partial charge in [0.15, 0.2) is 0 Å². The summed E-state index contributed by atoms with van der Waals surface area (Å²) in [7, 11) is 1.66. The van der Waals surface area contributed by atoms with Crippen LogP contribution in [-0.2, 0) is 13.0 Å². The van der Waals surface area contributed by atoms with Crippen LogP contribution in [-0.4, -0.2) is 31.4 Å². The number of hydrogen-bond donors (Lipinski definition) is 2. The van der Waals surface area contributed by atoms with Crippen LogP contribution < -0.4 is 14.8 Å². The first-order valence-corrected chi connectivity index (χ1v) is 9.58. The van der Waals surface area contributed by atoms with E-state index in [0.29, 0.717) is 12.3 Å². The molecule has 4 nitrogen and oxygen atoms in total. The maximum atomic E-state index is 12.2.